The number of aromatic nitrogens is 1. The molecule has 0 saturated carbocycles. The zero-order valence-electron chi connectivity index (χ0n) is 9.15. The third-order valence-electron chi connectivity index (χ3n) is 2.10. The molecule has 0 fully saturated rings. The predicted molar refractivity (Wildman–Crippen MR) is 69.9 cm³/mol. The summed E-state index contributed by atoms with van der Waals surface area (Å²) in [6.07, 6.45) is 1.93. The van der Waals surface area contributed by atoms with Crippen LogP contribution >= 0.6 is 22.5 Å². The van der Waals surface area contributed by atoms with Gasteiger partial charge in [0.2, 0.25) is 0 Å². The van der Waals surface area contributed by atoms with Gasteiger partial charge < -0.3 is 9.88 Å². The number of nitrogens with zero attached hydrogens (tertiary/aromatic N) is 1. The van der Waals surface area contributed by atoms with Crippen molar-refractivity contribution in [2.75, 3.05) is 11.1 Å². The van der Waals surface area contributed by atoms with Crippen LogP contribution in [-0.4, -0.2) is 22.1 Å². The molecule has 1 heterocycles. The standard InChI is InChI=1S/C10H16N2OS2/c1-7(6-15-14)11-9-4-10(8(2)13)12(3)5-9/h4-5,7,11,14H,6H2,1-3H3. The minimum atomic E-state index is 0.0850. The molecule has 1 aromatic rings. The van der Waals surface area contributed by atoms with E-state index < -0.39 is 0 Å². The lowest BCUT2D eigenvalue weighted by Gasteiger charge is -2.11. The molecule has 0 bridgehead atoms. The Morgan fingerprint density at radius 3 is 2.87 bits per heavy atom. The van der Waals surface area contributed by atoms with E-state index in [1.807, 2.05) is 23.9 Å². The first-order valence-electron chi connectivity index (χ1n) is 4.74. The van der Waals surface area contributed by atoms with E-state index in [9.17, 15) is 4.79 Å². The van der Waals surface area contributed by atoms with Crippen molar-refractivity contribution in [3.63, 3.8) is 0 Å². The molecular weight excluding hydrogens is 228 g/mol. The van der Waals surface area contributed by atoms with Crippen molar-refractivity contribution in [3.8, 4) is 0 Å². The highest BCUT2D eigenvalue weighted by molar-refractivity contribution is 8.68. The van der Waals surface area contributed by atoms with Crippen LogP contribution in [0.3, 0.4) is 0 Å². The Kier molecular flexibility index (Phi) is 4.60. The van der Waals surface area contributed by atoms with E-state index >= 15 is 0 Å². The molecule has 0 aliphatic carbocycles. The lowest BCUT2D eigenvalue weighted by Crippen LogP contribution is -2.16. The van der Waals surface area contributed by atoms with Crippen LogP contribution in [0.15, 0.2) is 12.3 Å². The van der Waals surface area contributed by atoms with Gasteiger partial charge in [0.15, 0.2) is 5.78 Å². The van der Waals surface area contributed by atoms with E-state index in [0.29, 0.717) is 6.04 Å². The number of hydrogen-bond donors (Lipinski definition) is 2. The fraction of sp³-hybridized carbons (Fsp3) is 0.500. The van der Waals surface area contributed by atoms with Gasteiger partial charge in [0.1, 0.15) is 0 Å². The number of carbonyl (C=O) groups excluding carboxylic acids is 1. The zero-order valence-corrected chi connectivity index (χ0v) is 10.9. The summed E-state index contributed by atoms with van der Waals surface area (Å²) in [5, 5.41) is 3.32. The molecule has 0 amide bonds. The Labute approximate surface area is 99.4 Å². The maximum absolute atomic E-state index is 11.2. The van der Waals surface area contributed by atoms with Gasteiger partial charge in [-0.2, -0.15) is 0 Å². The van der Waals surface area contributed by atoms with Crippen molar-refractivity contribution in [2.45, 2.75) is 19.9 Å². The molecule has 84 valence electrons. The Hall–Kier alpha value is -0.550. The monoisotopic (exact) mass is 244 g/mol. The molecule has 3 nitrogen and oxygen atoms in total. The highest BCUT2D eigenvalue weighted by Gasteiger charge is 2.08. The number of anilines is 1. The Morgan fingerprint density at radius 2 is 2.40 bits per heavy atom. The van der Waals surface area contributed by atoms with Crippen LogP contribution in [0.1, 0.15) is 24.3 Å². The van der Waals surface area contributed by atoms with Crippen LogP contribution in [-0.2, 0) is 7.05 Å². The molecule has 15 heavy (non-hydrogen) atoms. The number of hydrogen-bond acceptors (Lipinski definition) is 4. The highest BCUT2D eigenvalue weighted by Crippen LogP contribution is 2.16. The lowest BCUT2D eigenvalue weighted by molar-refractivity contribution is 0.101. The summed E-state index contributed by atoms with van der Waals surface area (Å²) in [5.41, 5.74) is 1.71. The highest BCUT2D eigenvalue weighted by atomic mass is 33.1. The molecule has 1 rings (SSSR count). The first kappa shape index (κ1) is 12.5. The first-order valence-corrected chi connectivity index (χ1v) is 6.78. The van der Waals surface area contributed by atoms with Crippen LogP contribution in [0.2, 0.25) is 0 Å². The van der Waals surface area contributed by atoms with Gasteiger partial charge in [0.25, 0.3) is 0 Å². The van der Waals surface area contributed by atoms with Crippen molar-refractivity contribution in [3.05, 3.63) is 18.0 Å². The maximum atomic E-state index is 11.2. The van der Waals surface area contributed by atoms with Crippen molar-refractivity contribution in [1.29, 1.82) is 0 Å². The molecule has 1 aromatic heterocycles. The van der Waals surface area contributed by atoms with Gasteiger partial charge >= 0.3 is 0 Å². The number of Topliss-reactive ketones (excluding diaryl/α,β-unsaturated/α-hetero) is 1. The zero-order chi connectivity index (χ0) is 11.4. The molecule has 0 radical (unpaired) electrons. The van der Waals surface area contributed by atoms with Gasteiger partial charge in [-0.1, -0.05) is 10.8 Å². The summed E-state index contributed by atoms with van der Waals surface area (Å²) in [6, 6.07) is 2.22. The van der Waals surface area contributed by atoms with Crippen molar-refractivity contribution >= 4 is 33.9 Å². The minimum absolute atomic E-state index is 0.0850. The number of aryl methyl sites for hydroxylation is 1. The quantitative estimate of drug-likeness (QED) is 0.474. The van der Waals surface area contributed by atoms with Gasteiger partial charge in [-0.15, -0.1) is 11.7 Å². The fourth-order valence-corrected chi connectivity index (χ4v) is 2.41. The summed E-state index contributed by atoms with van der Waals surface area (Å²) < 4.78 is 1.84. The number of ketones is 1. The topological polar surface area (TPSA) is 34.0 Å². The normalized spacial score (nSPS) is 12.5. The summed E-state index contributed by atoms with van der Waals surface area (Å²) in [6.45, 7) is 3.66. The van der Waals surface area contributed by atoms with E-state index in [0.717, 1.165) is 17.1 Å². The molecule has 1 unspecified atom stereocenters. The summed E-state index contributed by atoms with van der Waals surface area (Å²) in [5.74, 6) is 1.01. The smallest absolute Gasteiger partial charge is 0.176 e. The summed E-state index contributed by atoms with van der Waals surface area (Å²) in [7, 11) is 3.38. The maximum Gasteiger partial charge on any atom is 0.176 e. The second-order valence-electron chi connectivity index (χ2n) is 3.62. The summed E-state index contributed by atoms with van der Waals surface area (Å²) in [4.78, 5) is 11.2. The average molecular weight is 244 g/mol. The molecule has 0 aliphatic heterocycles. The molecule has 0 aromatic carbocycles. The molecular formula is C10H16N2OS2. The predicted octanol–water partition coefficient (Wildman–Crippen LogP) is 2.61. The van der Waals surface area contributed by atoms with Crippen molar-refractivity contribution < 1.29 is 4.79 Å². The van der Waals surface area contributed by atoms with E-state index in [-0.39, 0.29) is 5.78 Å². The molecule has 0 spiro atoms. The van der Waals surface area contributed by atoms with Crippen molar-refractivity contribution in [1.82, 2.24) is 4.57 Å². The van der Waals surface area contributed by atoms with Crippen LogP contribution in [0.5, 0.6) is 0 Å². The van der Waals surface area contributed by atoms with Crippen molar-refractivity contribution in [2.24, 2.45) is 7.05 Å². The second kappa shape index (κ2) is 5.51. The molecule has 5 heteroatoms. The van der Waals surface area contributed by atoms with Gasteiger partial charge in [0, 0.05) is 32.0 Å². The second-order valence-corrected chi connectivity index (χ2v) is 4.99. The van der Waals surface area contributed by atoms with E-state index in [1.165, 1.54) is 10.8 Å². The third-order valence-corrected chi connectivity index (χ3v) is 3.20. The van der Waals surface area contributed by atoms with Gasteiger partial charge in [-0.25, -0.2) is 0 Å². The number of rotatable bonds is 5. The molecule has 0 aliphatic rings. The number of nitrogens with one attached hydrogen (secondary N) is 1. The van der Waals surface area contributed by atoms with E-state index in [2.05, 4.69) is 23.9 Å². The first-order chi connectivity index (χ1) is 7.04. The summed E-state index contributed by atoms with van der Waals surface area (Å²) >= 11 is 4.10. The van der Waals surface area contributed by atoms with Crippen LogP contribution < -0.4 is 5.32 Å². The SMILES string of the molecule is CC(=O)c1cc(NC(C)CSS)cn1C. The third kappa shape index (κ3) is 3.50. The number of thiol groups is 1. The van der Waals surface area contributed by atoms with Gasteiger partial charge in [0.05, 0.1) is 11.4 Å². The molecule has 1 N–H and O–H groups in total. The Bertz CT molecular complexity index is 349. The molecule has 0 saturated heterocycles. The number of carbonyl (C=O) groups is 1. The molecule has 1 atom stereocenters. The van der Waals surface area contributed by atoms with Crippen LogP contribution in [0, 0.1) is 0 Å². The largest absolute Gasteiger partial charge is 0.380 e. The lowest BCUT2D eigenvalue weighted by atomic mass is 10.3. The van der Waals surface area contributed by atoms with Crippen LogP contribution in [0.4, 0.5) is 5.69 Å². The minimum Gasteiger partial charge on any atom is -0.380 e. The van der Waals surface area contributed by atoms with E-state index in [1.54, 1.807) is 6.92 Å². The average Bonchev–Trinajstić information content (AvgIpc) is 2.47. The Morgan fingerprint density at radius 1 is 1.73 bits per heavy atom. The van der Waals surface area contributed by atoms with Gasteiger partial charge in [-0.05, 0) is 13.0 Å². The van der Waals surface area contributed by atoms with E-state index in [4.69, 9.17) is 0 Å². The van der Waals surface area contributed by atoms with Crippen LogP contribution in [0.25, 0.3) is 0 Å². The fourth-order valence-electron chi connectivity index (χ4n) is 1.43. The Balaban J connectivity index is 2.71. The van der Waals surface area contributed by atoms with Gasteiger partial charge in [-0.3, -0.25) is 4.79 Å².